The van der Waals surface area contributed by atoms with Gasteiger partial charge in [-0.3, -0.25) is 4.79 Å². The number of hydrogen-bond acceptors (Lipinski definition) is 3. The molecule has 29 heavy (non-hydrogen) atoms. The van der Waals surface area contributed by atoms with E-state index in [9.17, 15) is 13.2 Å². The zero-order chi connectivity index (χ0) is 20.6. The lowest BCUT2D eigenvalue weighted by atomic mass is 9.72. The smallest absolute Gasteiger partial charge is 0.254 e. The first kappa shape index (κ1) is 20.9. The summed E-state index contributed by atoms with van der Waals surface area (Å²) < 4.78 is 28.1. The van der Waals surface area contributed by atoms with E-state index in [0.717, 1.165) is 44.2 Å². The van der Waals surface area contributed by atoms with Gasteiger partial charge in [-0.1, -0.05) is 32.3 Å². The number of fused-ring (bicyclic) bond motifs is 1. The van der Waals surface area contributed by atoms with Gasteiger partial charge in [0.15, 0.2) is 0 Å². The molecule has 1 saturated carbocycles. The van der Waals surface area contributed by atoms with Gasteiger partial charge in [0.05, 0.1) is 4.90 Å². The third-order valence-electron chi connectivity index (χ3n) is 7.37. The van der Waals surface area contributed by atoms with Crippen LogP contribution in [0.2, 0.25) is 0 Å². The van der Waals surface area contributed by atoms with Crippen molar-refractivity contribution in [1.82, 2.24) is 9.21 Å². The predicted octanol–water partition coefficient (Wildman–Crippen LogP) is 4.21. The van der Waals surface area contributed by atoms with Gasteiger partial charge < -0.3 is 4.90 Å². The minimum atomic E-state index is -3.55. The lowest BCUT2D eigenvalue weighted by molar-refractivity contribution is 0.0217. The molecular weight excluding hydrogens is 384 g/mol. The van der Waals surface area contributed by atoms with Crippen molar-refractivity contribution in [1.29, 1.82) is 0 Å². The fourth-order valence-corrected chi connectivity index (χ4v) is 7.35. The van der Waals surface area contributed by atoms with Crippen molar-refractivity contribution >= 4 is 15.9 Å². The molecule has 4 rings (SSSR count). The van der Waals surface area contributed by atoms with Gasteiger partial charge in [-0.05, 0) is 68.6 Å². The first-order chi connectivity index (χ1) is 13.9. The molecular formula is C23H34N2O3S. The predicted molar refractivity (Wildman–Crippen MR) is 114 cm³/mol. The number of nitrogens with zero attached hydrogens (tertiary/aromatic N) is 2. The minimum Gasteiger partial charge on any atom is -0.335 e. The van der Waals surface area contributed by atoms with Gasteiger partial charge in [-0.15, -0.1) is 0 Å². The molecule has 3 fully saturated rings. The first-order valence-electron chi connectivity index (χ1n) is 11.3. The Labute approximate surface area is 175 Å². The second kappa shape index (κ2) is 8.38. The van der Waals surface area contributed by atoms with Crippen LogP contribution in [0.3, 0.4) is 0 Å². The molecule has 2 heterocycles. The van der Waals surface area contributed by atoms with Gasteiger partial charge in [-0.2, -0.15) is 4.31 Å². The number of carbonyl (C=O) groups excluding carboxylic acids is 1. The van der Waals surface area contributed by atoms with Crippen LogP contribution in [0.25, 0.3) is 0 Å². The Morgan fingerprint density at radius 2 is 1.69 bits per heavy atom. The van der Waals surface area contributed by atoms with Crippen LogP contribution in [0.1, 0.15) is 74.2 Å². The molecule has 1 aromatic carbocycles. The number of piperidine rings is 2. The molecule has 0 N–H and O–H groups in total. The third kappa shape index (κ3) is 3.98. The second-order valence-corrected chi connectivity index (χ2v) is 11.1. The molecule has 1 aromatic rings. The minimum absolute atomic E-state index is 0.00361. The molecule has 3 aliphatic rings. The maximum atomic E-state index is 13.4. The number of carbonyl (C=O) groups is 1. The summed E-state index contributed by atoms with van der Waals surface area (Å²) in [6.07, 6.45) is 8.66. The van der Waals surface area contributed by atoms with Crippen LogP contribution in [0.5, 0.6) is 0 Å². The maximum absolute atomic E-state index is 13.4. The molecule has 160 valence electrons. The van der Waals surface area contributed by atoms with Crippen molar-refractivity contribution in [2.24, 2.45) is 11.8 Å². The van der Waals surface area contributed by atoms with E-state index in [0.29, 0.717) is 41.4 Å². The van der Waals surface area contributed by atoms with Gasteiger partial charge in [0.1, 0.15) is 0 Å². The zero-order valence-electron chi connectivity index (χ0n) is 17.8. The summed E-state index contributed by atoms with van der Waals surface area (Å²) in [5, 5.41) is 0. The summed E-state index contributed by atoms with van der Waals surface area (Å²) in [7, 11) is -3.55. The quantitative estimate of drug-likeness (QED) is 0.739. The van der Waals surface area contributed by atoms with E-state index in [4.69, 9.17) is 0 Å². The van der Waals surface area contributed by atoms with E-state index < -0.39 is 10.0 Å². The Kier molecular flexibility index (Phi) is 6.03. The van der Waals surface area contributed by atoms with Gasteiger partial charge in [0.25, 0.3) is 5.91 Å². The Hall–Kier alpha value is -1.40. The van der Waals surface area contributed by atoms with Crippen LogP contribution in [-0.2, 0) is 10.0 Å². The lowest BCUT2D eigenvalue weighted by Gasteiger charge is -2.47. The zero-order valence-corrected chi connectivity index (χ0v) is 18.6. The van der Waals surface area contributed by atoms with Gasteiger partial charge in [-0.25, -0.2) is 8.42 Å². The topological polar surface area (TPSA) is 57.7 Å². The van der Waals surface area contributed by atoms with E-state index in [1.54, 1.807) is 16.4 Å². The van der Waals surface area contributed by atoms with Crippen molar-refractivity contribution < 1.29 is 13.2 Å². The van der Waals surface area contributed by atoms with Crippen molar-refractivity contribution in [3.05, 3.63) is 29.3 Å². The van der Waals surface area contributed by atoms with Crippen LogP contribution in [0.15, 0.2) is 23.1 Å². The highest BCUT2D eigenvalue weighted by Gasteiger charge is 2.40. The van der Waals surface area contributed by atoms with E-state index in [1.165, 1.54) is 19.3 Å². The Bertz CT molecular complexity index is 861. The van der Waals surface area contributed by atoms with Crippen molar-refractivity contribution in [2.45, 2.75) is 76.2 Å². The number of rotatable bonds is 3. The second-order valence-electron chi connectivity index (χ2n) is 9.23. The summed E-state index contributed by atoms with van der Waals surface area (Å²) in [6.45, 7) is 6.08. The molecule has 2 saturated heterocycles. The Morgan fingerprint density at radius 3 is 2.45 bits per heavy atom. The van der Waals surface area contributed by atoms with Crippen LogP contribution >= 0.6 is 0 Å². The number of amides is 1. The molecule has 0 radical (unpaired) electrons. The highest BCUT2D eigenvalue weighted by atomic mass is 32.2. The first-order valence-corrected chi connectivity index (χ1v) is 12.8. The van der Waals surface area contributed by atoms with Gasteiger partial charge >= 0.3 is 0 Å². The lowest BCUT2D eigenvalue weighted by Crippen LogP contribution is -2.52. The van der Waals surface area contributed by atoms with Crippen molar-refractivity contribution in [3.8, 4) is 0 Å². The average Bonchev–Trinajstić information content (AvgIpc) is 2.74. The SMILES string of the molecule is Cc1ccc(C(=O)N2CC[C@H](C)[C@@H]3CCCC[C@@H]32)cc1S(=O)(=O)N1CCCCC1. The Morgan fingerprint density at radius 1 is 0.966 bits per heavy atom. The summed E-state index contributed by atoms with van der Waals surface area (Å²) in [6, 6.07) is 5.55. The summed E-state index contributed by atoms with van der Waals surface area (Å²) in [5.74, 6) is 1.25. The molecule has 0 aromatic heterocycles. The van der Waals surface area contributed by atoms with Crippen LogP contribution in [0, 0.1) is 18.8 Å². The number of aryl methyl sites for hydroxylation is 1. The highest BCUT2D eigenvalue weighted by Crippen LogP contribution is 2.39. The third-order valence-corrected chi connectivity index (χ3v) is 9.41. The van der Waals surface area contributed by atoms with Crippen LogP contribution < -0.4 is 0 Å². The van der Waals surface area contributed by atoms with Crippen molar-refractivity contribution in [2.75, 3.05) is 19.6 Å². The van der Waals surface area contributed by atoms with E-state index >= 15 is 0 Å². The number of sulfonamides is 1. The highest BCUT2D eigenvalue weighted by molar-refractivity contribution is 7.89. The van der Waals surface area contributed by atoms with Crippen LogP contribution in [0.4, 0.5) is 0 Å². The molecule has 1 aliphatic carbocycles. The molecule has 6 heteroatoms. The normalized spacial score (nSPS) is 28.8. The van der Waals surface area contributed by atoms with E-state index in [-0.39, 0.29) is 5.91 Å². The van der Waals surface area contributed by atoms with Gasteiger partial charge in [0, 0.05) is 31.2 Å². The molecule has 0 unspecified atom stereocenters. The largest absolute Gasteiger partial charge is 0.335 e. The molecule has 1 amide bonds. The molecule has 2 aliphatic heterocycles. The average molecular weight is 419 g/mol. The summed E-state index contributed by atoms with van der Waals surface area (Å²) >= 11 is 0. The molecule has 0 spiro atoms. The van der Waals surface area contributed by atoms with E-state index in [2.05, 4.69) is 6.92 Å². The number of hydrogen-bond donors (Lipinski definition) is 0. The summed E-state index contributed by atoms with van der Waals surface area (Å²) in [5.41, 5.74) is 1.24. The fraction of sp³-hybridized carbons (Fsp3) is 0.696. The molecule has 0 bridgehead atoms. The standard InChI is InChI=1S/C23H34N2O3S/c1-17-12-15-25(21-9-5-4-8-20(17)21)23(26)19-11-10-18(2)22(16-19)29(27,28)24-13-6-3-7-14-24/h10-11,16-17,20-21H,3-9,12-15H2,1-2H3/t17-,20-,21-/m0/s1. The number of likely N-dealkylation sites (tertiary alicyclic amines) is 1. The molecule has 3 atom stereocenters. The number of benzene rings is 1. The maximum Gasteiger partial charge on any atom is 0.254 e. The molecule has 5 nitrogen and oxygen atoms in total. The Balaban J connectivity index is 1.62. The fourth-order valence-electron chi connectivity index (χ4n) is 5.59. The summed E-state index contributed by atoms with van der Waals surface area (Å²) in [4.78, 5) is 15.8. The van der Waals surface area contributed by atoms with Crippen LogP contribution in [-0.4, -0.2) is 49.2 Å². The van der Waals surface area contributed by atoms with E-state index in [1.807, 2.05) is 17.9 Å². The monoisotopic (exact) mass is 418 g/mol. The van der Waals surface area contributed by atoms with Gasteiger partial charge in [0.2, 0.25) is 10.0 Å². The van der Waals surface area contributed by atoms with Crippen molar-refractivity contribution in [3.63, 3.8) is 0 Å².